The van der Waals surface area contributed by atoms with E-state index in [1.54, 1.807) is 18.3 Å². The van der Waals surface area contributed by atoms with Crippen molar-refractivity contribution in [2.24, 2.45) is 0 Å². The fourth-order valence-corrected chi connectivity index (χ4v) is 3.28. The molecule has 2 rings (SSSR count). The Kier molecular flexibility index (Phi) is 3.98. The first-order valence-electron chi connectivity index (χ1n) is 5.54. The van der Waals surface area contributed by atoms with E-state index in [0.29, 0.717) is 5.13 Å². The second-order valence-electron chi connectivity index (χ2n) is 4.11. The van der Waals surface area contributed by atoms with Crippen molar-refractivity contribution in [2.75, 3.05) is 5.32 Å². The summed E-state index contributed by atoms with van der Waals surface area (Å²) in [6.45, 7) is 3.84. The van der Waals surface area contributed by atoms with E-state index in [1.165, 1.54) is 16.9 Å². The number of aromatic carboxylic acids is 1. The fourth-order valence-electron chi connectivity index (χ4n) is 1.68. The molecule has 6 heteroatoms. The van der Waals surface area contributed by atoms with Crippen molar-refractivity contribution in [3.63, 3.8) is 0 Å². The van der Waals surface area contributed by atoms with Crippen LogP contribution in [0, 0.1) is 6.92 Å². The number of rotatable bonds is 5. The van der Waals surface area contributed by atoms with Crippen LogP contribution < -0.4 is 5.32 Å². The predicted octanol–water partition coefficient (Wildman–Crippen LogP) is 3.25. The SMILES string of the molecule is Cc1sc(NC(C)Cc2ccsc2)nc1C(=O)O. The number of hydrogen-bond acceptors (Lipinski definition) is 5. The van der Waals surface area contributed by atoms with Gasteiger partial charge in [-0.15, -0.1) is 11.3 Å². The zero-order chi connectivity index (χ0) is 13.1. The Bertz CT molecular complexity index is 534. The molecule has 0 spiro atoms. The average molecular weight is 282 g/mol. The number of nitrogens with one attached hydrogen (secondary N) is 1. The van der Waals surface area contributed by atoms with Gasteiger partial charge in [0.2, 0.25) is 0 Å². The molecule has 0 aliphatic rings. The van der Waals surface area contributed by atoms with Crippen molar-refractivity contribution in [3.05, 3.63) is 33.0 Å². The molecule has 0 bridgehead atoms. The summed E-state index contributed by atoms with van der Waals surface area (Å²) in [5.41, 5.74) is 1.43. The normalized spacial score (nSPS) is 12.3. The first kappa shape index (κ1) is 13.0. The van der Waals surface area contributed by atoms with Crippen LogP contribution in [-0.2, 0) is 6.42 Å². The molecule has 2 aromatic rings. The number of aromatic nitrogens is 1. The quantitative estimate of drug-likeness (QED) is 0.883. The lowest BCUT2D eigenvalue weighted by Crippen LogP contribution is -2.17. The lowest BCUT2D eigenvalue weighted by Gasteiger charge is -2.11. The van der Waals surface area contributed by atoms with Crippen molar-refractivity contribution in [1.82, 2.24) is 4.98 Å². The molecule has 2 heterocycles. The molecule has 1 unspecified atom stereocenters. The van der Waals surface area contributed by atoms with Gasteiger partial charge in [0.15, 0.2) is 10.8 Å². The molecule has 0 aliphatic carbocycles. The van der Waals surface area contributed by atoms with Crippen LogP contribution in [0.4, 0.5) is 5.13 Å². The van der Waals surface area contributed by atoms with Crippen molar-refractivity contribution >= 4 is 33.8 Å². The molecule has 2 aromatic heterocycles. The monoisotopic (exact) mass is 282 g/mol. The first-order valence-corrected chi connectivity index (χ1v) is 7.30. The summed E-state index contributed by atoms with van der Waals surface area (Å²) in [6, 6.07) is 2.32. The number of carboxylic acid groups (broad SMARTS) is 1. The van der Waals surface area contributed by atoms with Gasteiger partial charge in [-0.05, 0) is 42.7 Å². The molecular formula is C12H14N2O2S2. The minimum Gasteiger partial charge on any atom is -0.476 e. The molecule has 1 atom stereocenters. The van der Waals surface area contributed by atoms with E-state index >= 15 is 0 Å². The van der Waals surface area contributed by atoms with Gasteiger partial charge in [0.05, 0.1) is 0 Å². The largest absolute Gasteiger partial charge is 0.476 e. The molecule has 0 amide bonds. The third kappa shape index (κ3) is 3.08. The summed E-state index contributed by atoms with van der Waals surface area (Å²) in [5, 5.41) is 17.0. The molecule has 0 radical (unpaired) electrons. The maximum Gasteiger partial charge on any atom is 0.355 e. The predicted molar refractivity (Wildman–Crippen MR) is 74.9 cm³/mol. The number of carbonyl (C=O) groups is 1. The Morgan fingerprint density at radius 2 is 2.39 bits per heavy atom. The van der Waals surface area contributed by atoms with Crippen LogP contribution in [0.5, 0.6) is 0 Å². The van der Waals surface area contributed by atoms with Gasteiger partial charge < -0.3 is 10.4 Å². The molecule has 18 heavy (non-hydrogen) atoms. The molecule has 2 N–H and O–H groups in total. The minimum atomic E-state index is -0.970. The van der Waals surface area contributed by atoms with Gasteiger partial charge in [0.25, 0.3) is 0 Å². The third-order valence-electron chi connectivity index (χ3n) is 2.49. The summed E-state index contributed by atoms with van der Waals surface area (Å²) in [5.74, 6) is -0.970. The van der Waals surface area contributed by atoms with Crippen molar-refractivity contribution in [2.45, 2.75) is 26.3 Å². The highest BCUT2D eigenvalue weighted by atomic mass is 32.1. The Morgan fingerprint density at radius 3 is 2.94 bits per heavy atom. The zero-order valence-corrected chi connectivity index (χ0v) is 11.8. The maximum absolute atomic E-state index is 10.9. The molecule has 4 nitrogen and oxygen atoms in total. The van der Waals surface area contributed by atoms with Crippen LogP contribution in [0.25, 0.3) is 0 Å². The van der Waals surface area contributed by atoms with Gasteiger partial charge in [0.1, 0.15) is 0 Å². The van der Waals surface area contributed by atoms with Gasteiger partial charge in [-0.2, -0.15) is 11.3 Å². The van der Waals surface area contributed by atoms with Crippen LogP contribution in [-0.4, -0.2) is 22.1 Å². The second kappa shape index (κ2) is 5.49. The molecule has 0 saturated carbocycles. The maximum atomic E-state index is 10.9. The summed E-state index contributed by atoms with van der Waals surface area (Å²) >= 11 is 3.06. The van der Waals surface area contributed by atoms with E-state index in [-0.39, 0.29) is 11.7 Å². The molecular weight excluding hydrogens is 268 g/mol. The standard InChI is InChI=1S/C12H14N2O2S2/c1-7(5-9-3-4-17-6-9)13-12-14-10(11(15)16)8(2)18-12/h3-4,6-7H,5H2,1-2H3,(H,13,14)(H,15,16). The zero-order valence-electron chi connectivity index (χ0n) is 10.1. The average Bonchev–Trinajstić information content (AvgIpc) is 2.88. The molecule has 0 aromatic carbocycles. The van der Waals surface area contributed by atoms with Crippen LogP contribution in [0.3, 0.4) is 0 Å². The second-order valence-corrected chi connectivity index (χ2v) is 6.09. The number of thiophene rings is 1. The lowest BCUT2D eigenvalue weighted by molar-refractivity contribution is 0.0690. The summed E-state index contributed by atoms with van der Waals surface area (Å²) in [6.07, 6.45) is 0.907. The highest BCUT2D eigenvalue weighted by Crippen LogP contribution is 2.23. The van der Waals surface area contributed by atoms with Crippen molar-refractivity contribution < 1.29 is 9.90 Å². The topological polar surface area (TPSA) is 62.2 Å². The van der Waals surface area contributed by atoms with Crippen LogP contribution in [0.1, 0.15) is 27.9 Å². The summed E-state index contributed by atoms with van der Waals surface area (Å²) < 4.78 is 0. The van der Waals surface area contributed by atoms with Gasteiger partial charge >= 0.3 is 5.97 Å². The summed E-state index contributed by atoms with van der Waals surface area (Å²) in [7, 11) is 0. The van der Waals surface area contributed by atoms with E-state index in [4.69, 9.17) is 5.11 Å². The third-order valence-corrected chi connectivity index (χ3v) is 4.13. The van der Waals surface area contributed by atoms with Crippen LogP contribution >= 0.6 is 22.7 Å². The number of carboxylic acids is 1. The summed E-state index contributed by atoms with van der Waals surface area (Å²) in [4.78, 5) is 15.7. The van der Waals surface area contributed by atoms with E-state index < -0.39 is 5.97 Å². The van der Waals surface area contributed by atoms with Crippen molar-refractivity contribution in [1.29, 1.82) is 0 Å². The number of thiazole rings is 1. The first-order chi connectivity index (χ1) is 8.56. The van der Waals surface area contributed by atoms with Gasteiger partial charge in [-0.1, -0.05) is 0 Å². The van der Waals surface area contributed by atoms with E-state index in [9.17, 15) is 4.79 Å². The highest BCUT2D eigenvalue weighted by molar-refractivity contribution is 7.15. The number of aryl methyl sites for hydroxylation is 1. The molecule has 0 saturated heterocycles. The van der Waals surface area contributed by atoms with E-state index in [0.717, 1.165) is 11.3 Å². The van der Waals surface area contributed by atoms with Gasteiger partial charge in [-0.25, -0.2) is 9.78 Å². The highest BCUT2D eigenvalue weighted by Gasteiger charge is 2.15. The van der Waals surface area contributed by atoms with E-state index in [2.05, 4.69) is 34.1 Å². The molecule has 0 fully saturated rings. The Morgan fingerprint density at radius 1 is 1.61 bits per heavy atom. The van der Waals surface area contributed by atoms with Crippen LogP contribution in [0.15, 0.2) is 16.8 Å². The molecule has 96 valence electrons. The number of anilines is 1. The van der Waals surface area contributed by atoms with Crippen LogP contribution in [0.2, 0.25) is 0 Å². The van der Waals surface area contributed by atoms with Crippen molar-refractivity contribution in [3.8, 4) is 0 Å². The Labute approximate surface area is 113 Å². The van der Waals surface area contributed by atoms with Gasteiger partial charge in [-0.3, -0.25) is 0 Å². The number of nitrogens with zero attached hydrogens (tertiary/aromatic N) is 1. The lowest BCUT2D eigenvalue weighted by atomic mass is 10.1. The molecule has 0 aliphatic heterocycles. The Balaban J connectivity index is 2.01. The Hall–Kier alpha value is -1.40. The van der Waals surface area contributed by atoms with Gasteiger partial charge in [0, 0.05) is 10.9 Å². The number of hydrogen-bond donors (Lipinski definition) is 2. The fraction of sp³-hybridized carbons (Fsp3) is 0.333. The minimum absolute atomic E-state index is 0.144. The van der Waals surface area contributed by atoms with E-state index in [1.807, 2.05) is 0 Å². The smallest absolute Gasteiger partial charge is 0.355 e.